The van der Waals surface area contributed by atoms with Crippen LogP contribution < -0.4 is 5.32 Å². The third-order valence-electron chi connectivity index (χ3n) is 4.61. The molecular formula is C22H15ClN2O5S. The van der Waals surface area contributed by atoms with E-state index < -0.39 is 23.7 Å². The molecule has 4 rings (SSSR count). The van der Waals surface area contributed by atoms with E-state index in [0.717, 1.165) is 4.57 Å². The number of carbonyl (C=O) groups excluding carboxylic acids is 3. The lowest BCUT2D eigenvalue weighted by Crippen LogP contribution is -2.19. The predicted molar refractivity (Wildman–Crippen MR) is 119 cm³/mol. The number of nitrogens with zero attached hydrogens (tertiary/aromatic N) is 1. The van der Waals surface area contributed by atoms with Gasteiger partial charge in [-0.2, -0.15) is 0 Å². The van der Waals surface area contributed by atoms with Gasteiger partial charge in [-0.05, 0) is 47.8 Å². The number of halogens is 1. The van der Waals surface area contributed by atoms with Gasteiger partial charge in [-0.1, -0.05) is 23.7 Å². The number of amides is 1. The molecule has 4 aromatic rings. The Kier molecular flexibility index (Phi) is 5.50. The van der Waals surface area contributed by atoms with Crippen molar-refractivity contribution in [3.8, 4) is 5.88 Å². The second kappa shape index (κ2) is 8.25. The van der Waals surface area contributed by atoms with Gasteiger partial charge in [0.1, 0.15) is 0 Å². The summed E-state index contributed by atoms with van der Waals surface area (Å²) < 4.78 is 5.69. The molecule has 2 aromatic carbocycles. The number of methoxy groups -OCH3 is 1. The summed E-state index contributed by atoms with van der Waals surface area (Å²) in [5.74, 6) is -1.47. The normalized spacial score (nSPS) is 10.8. The van der Waals surface area contributed by atoms with Gasteiger partial charge >= 0.3 is 12.0 Å². The lowest BCUT2D eigenvalue weighted by molar-refractivity contribution is 0.0600. The van der Waals surface area contributed by atoms with Crippen molar-refractivity contribution in [3.05, 3.63) is 81.0 Å². The summed E-state index contributed by atoms with van der Waals surface area (Å²) in [6.07, 6.45) is 0. The Morgan fingerprint density at radius 2 is 1.90 bits per heavy atom. The average molecular weight is 455 g/mol. The molecule has 0 aliphatic carbocycles. The number of nitrogens with one attached hydrogen (secondary N) is 1. The second-order valence-electron chi connectivity index (χ2n) is 6.50. The number of aromatic hydroxyl groups is 1. The largest absolute Gasteiger partial charge is 0.494 e. The van der Waals surface area contributed by atoms with Crippen molar-refractivity contribution in [1.82, 2.24) is 4.57 Å². The summed E-state index contributed by atoms with van der Waals surface area (Å²) in [5, 5.41) is 16.0. The van der Waals surface area contributed by atoms with E-state index in [0.29, 0.717) is 26.5 Å². The Hall–Kier alpha value is -3.62. The molecule has 0 saturated heterocycles. The quantitative estimate of drug-likeness (QED) is 0.328. The molecule has 7 nitrogen and oxygen atoms in total. The lowest BCUT2D eigenvalue weighted by Gasteiger charge is -2.09. The number of rotatable bonds is 4. The van der Waals surface area contributed by atoms with E-state index in [4.69, 9.17) is 11.6 Å². The van der Waals surface area contributed by atoms with Crippen LogP contribution in [0.5, 0.6) is 5.88 Å². The zero-order valence-corrected chi connectivity index (χ0v) is 17.7. The summed E-state index contributed by atoms with van der Waals surface area (Å²) in [6, 6.07) is 13.4. The summed E-state index contributed by atoms with van der Waals surface area (Å²) in [5.41, 5.74) is 0.860. The first-order valence-corrected chi connectivity index (χ1v) is 10.3. The van der Waals surface area contributed by atoms with Gasteiger partial charge in [0.25, 0.3) is 0 Å². The Morgan fingerprint density at radius 3 is 2.61 bits per heavy atom. The van der Waals surface area contributed by atoms with Gasteiger partial charge in [0.15, 0.2) is 0 Å². The smallest absolute Gasteiger partial charge is 0.337 e. The first-order chi connectivity index (χ1) is 14.9. The van der Waals surface area contributed by atoms with Crippen LogP contribution in [0, 0.1) is 0 Å². The highest BCUT2D eigenvalue weighted by Gasteiger charge is 2.27. The fraction of sp³-hybridized carbons (Fsp3) is 0.0455. The highest BCUT2D eigenvalue weighted by molar-refractivity contribution is 7.12. The highest BCUT2D eigenvalue weighted by Crippen LogP contribution is 2.35. The van der Waals surface area contributed by atoms with Crippen LogP contribution in [0.15, 0.2) is 60.0 Å². The van der Waals surface area contributed by atoms with Gasteiger partial charge < -0.3 is 15.2 Å². The minimum Gasteiger partial charge on any atom is -0.494 e. The van der Waals surface area contributed by atoms with E-state index in [1.165, 1.54) is 30.6 Å². The number of benzene rings is 2. The third-order valence-corrected chi connectivity index (χ3v) is 5.72. The van der Waals surface area contributed by atoms with Crippen LogP contribution in [0.2, 0.25) is 5.02 Å². The number of fused-ring (bicyclic) bond motifs is 1. The summed E-state index contributed by atoms with van der Waals surface area (Å²) in [7, 11) is 1.26. The molecule has 9 heteroatoms. The Balaban J connectivity index is 1.79. The molecule has 0 spiro atoms. The first kappa shape index (κ1) is 20.6. The molecule has 0 radical (unpaired) electrons. The molecule has 31 heavy (non-hydrogen) atoms. The van der Waals surface area contributed by atoms with Gasteiger partial charge in [0.2, 0.25) is 11.7 Å². The molecule has 0 aliphatic rings. The van der Waals surface area contributed by atoms with Crippen LogP contribution in [0.3, 0.4) is 0 Å². The van der Waals surface area contributed by atoms with Crippen LogP contribution in [0.1, 0.15) is 25.6 Å². The van der Waals surface area contributed by atoms with Crippen molar-refractivity contribution in [2.45, 2.75) is 0 Å². The second-order valence-corrected chi connectivity index (χ2v) is 7.89. The topological polar surface area (TPSA) is 97.6 Å². The molecular weight excluding hydrogens is 440 g/mol. The SMILES string of the molecule is COC(=O)c1cccc(NC(=O)n2c(O)c(C(=O)c3cccs3)c3cc(Cl)ccc32)c1. The molecule has 2 aromatic heterocycles. The molecule has 156 valence electrons. The monoisotopic (exact) mass is 454 g/mol. The average Bonchev–Trinajstić information content (AvgIpc) is 3.38. The Labute approximate surface area is 185 Å². The zero-order chi connectivity index (χ0) is 22.1. The molecule has 0 atom stereocenters. The maximum atomic E-state index is 13.0. The van der Waals surface area contributed by atoms with Crippen molar-refractivity contribution in [2.24, 2.45) is 0 Å². The molecule has 1 amide bonds. The molecule has 0 fully saturated rings. The number of anilines is 1. The fourth-order valence-corrected chi connectivity index (χ4v) is 4.07. The highest BCUT2D eigenvalue weighted by atomic mass is 35.5. The van der Waals surface area contributed by atoms with Crippen molar-refractivity contribution < 1.29 is 24.2 Å². The summed E-state index contributed by atoms with van der Waals surface area (Å²) >= 11 is 7.33. The van der Waals surface area contributed by atoms with Crippen molar-refractivity contribution >= 4 is 57.3 Å². The number of hydrogen-bond donors (Lipinski definition) is 2. The number of esters is 1. The maximum absolute atomic E-state index is 13.0. The molecule has 0 unspecified atom stereocenters. The van der Waals surface area contributed by atoms with Crippen LogP contribution in [0.4, 0.5) is 10.5 Å². The fourth-order valence-electron chi connectivity index (χ4n) is 3.23. The number of hydrogen-bond acceptors (Lipinski definition) is 6. The number of ether oxygens (including phenoxy) is 1. The van der Waals surface area contributed by atoms with Crippen LogP contribution in [-0.2, 0) is 4.74 Å². The number of ketones is 1. The van der Waals surface area contributed by atoms with Crippen molar-refractivity contribution in [2.75, 3.05) is 12.4 Å². The Bertz CT molecular complexity index is 1330. The molecule has 0 aliphatic heterocycles. The summed E-state index contributed by atoms with van der Waals surface area (Å²) in [6.45, 7) is 0. The molecule has 0 bridgehead atoms. The van der Waals surface area contributed by atoms with Gasteiger partial charge in [0, 0.05) is 16.1 Å². The molecule has 2 heterocycles. The standard InChI is InChI=1S/C22H15ClN2O5S/c1-30-21(28)12-4-2-5-14(10-12)24-22(29)25-16-8-7-13(23)11-15(16)18(20(25)27)19(26)17-6-3-9-31-17/h2-11,27H,1H3,(H,24,29). The number of aromatic nitrogens is 1. The van der Waals surface area contributed by atoms with Gasteiger partial charge in [0.05, 0.1) is 28.6 Å². The van der Waals surface area contributed by atoms with Gasteiger partial charge in [-0.3, -0.25) is 4.79 Å². The number of thiophene rings is 1. The zero-order valence-electron chi connectivity index (χ0n) is 16.1. The minimum atomic E-state index is -0.711. The van der Waals surface area contributed by atoms with Gasteiger partial charge in [-0.25, -0.2) is 14.2 Å². The first-order valence-electron chi connectivity index (χ1n) is 9.01. The van der Waals surface area contributed by atoms with E-state index in [1.807, 2.05) is 0 Å². The van der Waals surface area contributed by atoms with Crippen LogP contribution in [0.25, 0.3) is 10.9 Å². The molecule has 0 saturated carbocycles. The molecule has 2 N–H and O–H groups in total. The van der Waals surface area contributed by atoms with Crippen molar-refractivity contribution in [3.63, 3.8) is 0 Å². The van der Waals surface area contributed by atoms with Gasteiger partial charge in [-0.15, -0.1) is 11.3 Å². The minimum absolute atomic E-state index is 0.0154. The van der Waals surface area contributed by atoms with E-state index >= 15 is 0 Å². The number of carbonyl (C=O) groups is 3. The van der Waals surface area contributed by atoms with E-state index in [-0.39, 0.29) is 11.1 Å². The third kappa shape index (κ3) is 3.78. The predicted octanol–water partition coefficient (Wildman–Crippen LogP) is 5.16. The van der Waals surface area contributed by atoms with E-state index in [9.17, 15) is 19.5 Å². The van der Waals surface area contributed by atoms with E-state index in [2.05, 4.69) is 10.1 Å². The summed E-state index contributed by atoms with van der Waals surface area (Å²) in [4.78, 5) is 38.2. The lowest BCUT2D eigenvalue weighted by atomic mass is 10.1. The maximum Gasteiger partial charge on any atom is 0.337 e. The van der Waals surface area contributed by atoms with Crippen molar-refractivity contribution in [1.29, 1.82) is 0 Å². The Morgan fingerprint density at radius 1 is 1.10 bits per heavy atom. The van der Waals surface area contributed by atoms with Crippen LogP contribution in [-0.4, -0.2) is 34.6 Å². The van der Waals surface area contributed by atoms with E-state index in [1.54, 1.807) is 47.8 Å². The van der Waals surface area contributed by atoms with Crippen LogP contribution >= 0.6 is 22.9 Å².